The summed E-state index contributed by atoms with van der Waals surface area (Å²) in [4.78, 5) is 9.55. The van der Waals surface area contributed by atoms with E-state index in [2.05, 4.69) is 0 Å². The Kier molecular flexibility index (Phi) is 3.24. The van der Waals surface area contributed by atoms with Crippen LogP contribution in [0.2, 0.25) is 0 Å². The van der Waals surface area contributed by atoms with E-state index in [1.165, 1.54) is 0 Å². The van der Waals surface area contributed by atoms with Crippen molar-refractivity contribution in [1.29, 1.82) is 0 Å². The van der Waals surface area contributed by atoms with Gasteiger partial charge in [-0.1, -0.05) is 54.6 Å². The zero-order chi connectivity index (χ0) is 15.6. The van der Waals surface area contributed by atoms with Gasteiger partial charge in [0.2, 0.25) is 0 Å². The van der Waals surface area contributed by atoms with E-state index >= 15 is 0 Å². The van der Waals surface area contributed by atoms with Gasteiger partial charge in [0, 0.05) is 11.1 Å². The van der Waals surface area contributed by atoms with Gasteiger partial charge in [0.15, 0.2) is 0 Å². The smallest absolute Gasteiger partial charge is 0.125 e. The number of nitrogens with zero attached hydrogens (tertiary/aromatic N) is 2. The molecule has 1 N–H and O–H groups in total. The van der Waals surface area contributed by atoms with E-state index in [-0.39, 0.29) is 5.75 Å². The first kappa shape index (κ1) is 13.5. The molecule has 0 radical (unpaired) electrons. The molecule has 0 saturated heterocycles. The van der Waals surface area contributed by atoms with Crippen molar-refractivity contribution in [1.82, 2.24) is 9.97 Å². The van der Waals surface area contributed by atoms with Gasteiger partial charge in [0.1, 0.15) is 11.4 Å². The lowest BCUT2D eigenvalue weighted by atomic mass is 10.0. The minimum absolute atomic E-state index is 0.203. The second-order valence-electron chi connectivity index (χ2n) is 5.29. The molecule has 23 heavy (non-hydrogen) atoms. The third-order valence-electron chi connectivity index (χ3n) is 3.78. The monoisotopic (exact) mass is 298 g/mol. The number of aromatic nitrogens is 2. The number of fused-ring (bicyclic) bond motifs is 1. The summed E-state index contributed by atoms with van der Waals surface area (Å²) in [6.45, 7) is 0. The summed E-state index contributed by atoms with van der Waals surface area (Å²) in [5.74, 6) is 0.203. The fraction of sp³-hybridized carbons (Fsp3) is 0. The van der Waals surface area contributed by atoms with Gasteiger partial charge in [0.05, 0.1) is 16.7 Å². The van der Waals surface area contributed by atoms with Crippen molar-refractivity contribution in [2.24, 2.45) is 0 Å². The second-order valence-corrected chi connectivity index (χ2v) is 5.29. The Labute approximate surface area is 133 Å². The van der Waals surface area contributed by atoms with Crippen molar-refractivity contribution in [3.8, 4) is 28.3 Å². The van der Waals surface area contributed by atoms with Crippen LogP contribution in [0.25, 0.3) is 33.5 Å². The Morgan fingerprint density at radius 1 is 0.565 bits per heavy atom. The number of phenolic OH excluding ortho intramolecular Hbond substituents is 1. The number of rotatable bonds is 2. The summed E-state index contributed by atoms with van der Waals surface area (Å²) in [5.41, 5.74) is 4.77. The third kappa shape index (κ3) is 2.42. The standard InChI is InChI=1S/C20H14N2O/c23-18-13-7-4-10-15(18)20-19(14-8-2-1-3-9-14)21-16-11-5-6-12-17(16)22-20/h1-13,23H. The highest BCUT2D eigenvalue weighted by molar-refractivity contribution is 5.87. The van der Waals surface area contributed by atoms with Crippen molar-refractivity contribution < 1.29 is 5.11 Å². The molecule has 1 heterocycles. The summed E-state index contributed by atoms with van der Waals surface area (Å²) in [6.07, 6.45) is 0. The van der Waals surface area contributed by atoms with Crippen molar-refractivity contribution in [3.63, 3.8) is 0 Å². The normalized spacial score (nSPS) is 10.8. The maximum atomic E-state index is 10.2. The van der Waals surface area contributed by atoms with E-state index in [4.69, 9.17) is 9.97 Å². The minimum atomic E-state index is 0.203. The predicted octanol–water partition coefficient (Wildman–Crippen LogP) is 4.67. The average Bonchev–Trinajstić information content (AvgIpc) is 2.62. The molecule has 3 aromatic carbocycles. The minimum Gasteiger partial charge on any atom is -0.507 e. The molecule has 4 aromatic rings. The van der Waals surface area contributed by atoms with Crippen LogP contribution in [0, 0.1) is 0 Å². The number of aromatic hydroxyl groups is 1. The zero-order valence-electron chi connectivity index (χ0n) is 12.3. The van der Waals surface area contributed by atoms with Crippen LogP contribution in [0.3, 0.4) is 0 Å². The van der Waals surface area contributed by atoms with Crippen LogP contribution < -0.4 is 0 Å². The van der Waals surface area contributed by atoms with Crippen molar-refractivity contribution in [2.45, 2.75) is 0 Å². The summed E-state index contributed by atoms with van der Waals surface area (Å²) in [6, 6.07) is 24.9. The van der Waals surface area contributed by atoms with Crippen LogP contribution in [-0.4, -0.2) is 15.1 Å². The maximum absolute atomic E-state index is 10.2. The highest BCUT2D eigenvalue weighted by Crippen LogP contribution is 2.35. The van der Waals surface area contributed by atoms with E-state index in [9.17, 15) is 5.11 Å². The van der Waals surface area contributed by atoms with Crippen LogP contribution in [0.4, 0.5) is 0 Å². The highest BCUT2D eigenvalue weighted by atomic mass is 16.3. The van der Waals surface area contributed by atoms with Gasteiger partial charge in [-0.05, 0) is 24.3 Å². The molecule has 0 bridgehead atoms. The predicted molar refractivity (Wildman–Crippen MR) is 92.1 cm³/mol. The molecule has 4 rings (SSSR count). The Hall–Kier alpha value is -3.20. The largest absolute Gasteiger partial charge is 0.507 e. The molecule has 0 fully saturated rings. The summed E-state index contributed by atoms with van der Waals surface area (Å²) in [7, 11) is 0. The molecule has 3 nitrogen and oxygen atoms in total. The van der Waals surface area contributed by atoms with Crippen molar-refractivity contribution >= 4 is 11.0 Å². The van der Waals surface area contributed by atoms with E-state index in [0.717, 1.165) is 22.3 Å². The Bertz CT molecular complexity index is 981. The zero-order valence-corrected chi connectivity index (χ0v) is 12.3. The molecule has 0 unspecified atom stereocenters. The molecular weight excluding hydrogens is 284 g/mol. The van der Waals surface area contributed by atoms with Gasteiger partial charge in [-0.3, -0.25) is 0 Å². The average molecular weight is 298 g/mol. The molecule has 0 aliphatic rings. The Morgan fingerprint density at radius 3 is 1.83 bits per heavy atom. The van der Waals surface area contributed by atoms with Crippen LogP contribution in [0.1, 0.15) is 0 Å². The quantitative estimate of drug-likeness (QED) is 0.585. The van der Waals surface area contributed by atoms with Gasteiger partial charge >= 0.3 is 0 Å². The lowest BCUT2D eigenvalue weighted by Crippen LogP contribution is -1.95. The topological polar surface area (TPSA) is 46.0 Å². The molecule has 0 atom stereocenters. The van der Waals surface area contributed by atoms with E-state index in [0.29, 0.717) is 11.3 Å². The van der Waals surface area contributed by atoms with Crippen LogP contribution in [-0.2, 0) is 0 Å². The number of para-hydroxylation sites is 3. The molecule has 110 valence electrons. The first-order valence-electron chi connectivity index (χ1n) is 7.43. The van der Waals surface area contributed by atoms with Crippen LogP contribution in [0.5, 0.6) is 5.75 Å². The molecule has 0 aliphatic carbocycles. The van der Waals surface area contributed by atoms with Crippen molar-refractivity contribution in [2.75, 3.05) is 0 Å². The van der Waals surface area contributed by atoms with Crippen LogP contribution >= 0.6 is 0 Å². The summed E-state index contributed by atoms with van der Waals surface area (Å²) >= 11 is 0. The highest BCUT2D eigenvalue weighted by Gasteiger charge is 2.15. The summed E-state index contributed by atoms with van der Waals surface area (Å²) < 4.78 is 0. The molecular formula is C20H14N2O. The van der Waals surface area contributed by atoms with Gasteiger partial charge in [0.25, 0.3) is 0 Å². The first-order valence-corrected chi connectivity index (χ1v) is 7.43. The number of hydrogen-bond donors (Lipinski definition) is 1. The number of benzene rings is 3. The third-order valence-corrected chi connectivity index (χ3v) is 3.78. The molecule has 0 spiro atoms. The van der Waals surface area contributed by atoms with Crippen molar-refractivity contribution in [3.05, 3.63) is 78.9 Å². The Morgan fingerprint density at radius 2 is 1.13 bits per heavy atom. The SMILES string of the molecule is Oc1ccccc1-c1nc2ccccc2nc1-c1ccccc1. The van der Waals surface area contributed by atoms with Gasteiger partial charge in [-0.15, -0.1) is 0 Å². The molecule has 0 saturated carbocycles. The molecule has 0 aliphatic heterocycles. The number of hydrogen-bond acceptors (Lipinski definition) is 3. The number of phenols is 1. The van der Waals surface area contributed by atoms with E-state index in [1.54, 1.807) is 12.1 Å². The lowest BCUT2D eigenvalue weighted by Gasteiger charge is -2.11. The molecule has 1 aromatic heterocycles. The first-order chi connectivity index (χ1) is 11.3. The van der Waals surface area contributed by atoms with E-state index < -0.39 is 0 Å². The summed E-state index contributed by atoms with van der Waals surface area (Å²) in [5, 5.41) is 10.2. The fourth-order valence-corrected chi connectivity index (χ4v) is 2.66. The maximum Gasteiger partial charge on any atom is 0.125 e. The lowest BCUT2D eigenvalue weighted by molar-refractivity contribution is 0.477. The van der Waals surface area contributed by atoms with Gasteiger partial charge < -0.3 is 5.11 Å². The Balaban J connectivity index is 2.07. The van der Waals surface area contributed by atoms with Gasteiger partial charge in [-0.25, -0.2) is 9.97 Å². The second kappa shape index (κ2) is 5.54. The van der Waals surface area contributed by atoms with Gasteiger partial charge in [-0.2, -0.15) is 0 Å². The fourth-order valence-electron chi connectivity index (χ4n) is 2.66. The van der Waals surface area contributed by atoms with E-state index in [1.807, 2.05) is 66.7 Å². The van der Waals surface area contributed by atoms with Crippen LogP contribution in [0.15, 0.2) is 78.9 Å². The molecule has 3 heteroatoms. The molecule has 0 amide bonds.